The second-order valence-corrected chi connectivity index (χ2v) is 8.07. The number of ether oxygens (including phenoxy) is 1. The molecule has 1 saturated heterocycles. The molecule has 0 spiro atoms. The molecule has 0 radical (unpaired) electrons. The van der Waals surface area contributed by atoms with Crippen LogP contribution in [0.1, 0.15) is 44.0 Å². The van der Waals surface area contributed by atoms with Crippen molar-refractivity contribution in [3.63, 3.8) is 0 Å². The molecule has 9 heteroatoms. The van der Waals surface area contributed by atoms with Crippen LogP contribution < -0.4 is 26.8 Å². The van der Waals surface area contributed by atoms with Gasteiger partial charge < -0.3 is 9.57 Å². The van der Waals surface area contributed by atoms with Gasteiger partial charge in [-0.25, -0.2) is 14.2 Å². The van der Waals surface area contributed by atoms with Gasteiger partial charge in [0, 0.05) is 6.54 Å². The zero-order chi connectivity index (χ0) is 24.2. The van der Waals surface area contributed by atoms with Crippen LogP contribution in [0.2, 0.25) is 0 Å². The van der Waals surface area contributed by atoms with Gasteiger partial charge in [-0.15, -0.1) is 5.48 Å². The van der Waals surface area contributed by atoms with Crippen molar-refractivity contribution in [2.45, 2.75) is 46.3 Å². The molecule has 9 nitrogen and oxygen atoms in total. The average Bonchev–Trinajstić information content (AvgIpc) is 3.29. The molecule has 0 saturated carbocycles. The molecule has 1 aliphatic rings. The number of benzene rings is 2. The Bertz CT molecular complexity index is 1310. The third-order valence-corrected chi connectivity index (χ3v) is 5.64. The first kappa shape index (κ1) is 23.3. The first-order valence-electron chi connectivity index (χ1n) is 11.4. The van der Waals surface area contributed by atoms with Crippen LogP contribution in [0, 0.1) is 6.92 Å². The maximum Gasteiger partial charge on any atom is 0.427 e. The lowest BCUT2D eigenvalue weighted by Crippen LogP contribution is -2.41. The second-order valence-electron chi connectivity index (χ2n) is 8.07. The molecule has 0 aliphatic carbocycles. The van der Waals surface area contributed by atoms with Crippen molar-refractivity contribution < 1.29 is 14.4 Å². The van der Waals surface area contributed by atoms with Crippen LogP contribution in [0.5, 0.6) is 5.88 Å². The number of aromatic nitrogens is 2. The van der Waals surface area contributed by atoms with Gasteiger partial charge in [0.15, 0.2) is 0 Å². The fourth-order valence-electron chi connectivity index (χ4n) is 4.01. The van der Waals surface area contributed by atoms with Crippen LogP contribution in [0.25, 0.3) is 16.8 Å². The smallest absolute Gasteiger partial charge is 0.427 e. The quantitative estimate of drug-likeness (QED) is 0.530. The maximum atomic E-state index is 13.3. The summed E-state index contributed by atoms with van der Waals surface area (Å²) >= 11 is 0. The van der Waals surface area contributed by atoms with Crippen LogP contribution >= 0.6 is 0 Å². The van der Waals surface area contributed by atoms with Crippen LogP contribution in [0.3, 0.4) is 0 Å². The summed E-state index contributed by atoms with van der Waals surface area (Å²) in [6, 6.07) is 15.1. The number of nitrogens with zero attached hydrogens (tertiary/aromatic N) is 2. The van der Waals surface area contributed by atoms with Crippen molar-refractivity contribution in [1.29, 1.82) is 0 Å². The molecule has 178 valence electrons. The molecule has 2 heterocycles. The average molecular weight is 465 g/mol. The van der Waals surface area contributed by atoms with Crippen molar-refractivity contribution in [2.75, 3.05) is 6.61 Å². The fraction of sp³-hybridized carbons (Fsp3) is 0.320. The van der Waals surface area contributed by atoms with Gasteiger partial charge in [0.05, 0.1) is 17.9 Å². The van der Waals surface area contributed by atoms with E-state index in [0.29, 0.717) is 30.8 Å². The minimum Gasteiger partial charge on any atom is -0.478 e. The van der Waals surface area contributed by atoms with E-state index in [1.54, 1.807) is 6.92 Å². The van der Waals surface area contributed by atoms with E-state index in [0.717, 1.165) is 23.1 Å². The number of hydrogen-bond acceptors (Lipinski definition) is 6. The number of hydrogen-bond donors (Lipinski definition) is 2. The van der Waals surface area contributed by atoms with Crippen molar-refractivity contribution in [1.82, 2.24) is 19.9 Å². The minimum atomic E-state index is -0.535. The molecule has 1 fully saturated rings. The third-order valence-electron chi connectivity index (χ3n) is 5.64. The fourth-order valence-corrected chi connectivity index (χ4v) is 4.01. The summed E-state index contributed by atoms with van der Waals surface area (Å²) in [5.41, 5.74) is 5.57. The van der Waals surface area contributed by atoms with Crippen LogP contribution in [0.15, 0.2) is 58.1 Å². The van der Waals surface area contributed by atoms with Crippen molar-refractivity contribution >= 4 is 6.09 Å². The third kappa shape index (κ3) is 4.34. The highest BCUT2D eigenvalue weighted by Crippen LogP contribution is 2.30. The normalized spacial score (nSPS) is 15.1. The number of carbonyl (C=O) groups excluding carboxylic acids is 1. The van der Waals surface area contributed by atoms with Gasteiger partial charge in [-0.2, -0.15) is 0 Å². The van der Waals surface area contributed by atoms with Gasteiger partial charge in [0.2, 0.25) is 5.88 Å². The molecule has 1 atom stereocenters. The zero-order valence-corrected chi connectivity index (χ0v) is 19.5. The van der Waals surface area contributed by atoms with Crippen molar-refractivity contribution in [2.24, 2.45) is 0 Å². The standard InChI is InChI=1S/C25H28N4O5/c1-4-14-28-22(30)16(3)23(33-15-5-2)29(25(28)32)18-12-10-17(11-13-18)19-8-6-7-9-20(19)21-26-24(31)34-27-21/h6-13,21,27H,4-5,14-15H2,1-3H3,(H,26,31). The molecular weight excluding hydrogens is 436 g/mol. The SMILES string of the molecule is CCCOc1c(C)c(=O)n(CCC)c(=O)n1-c1ccc(-c2ccccc2C2NOC(=O)N2)cc1. The van der Waals surface area contributed by atoms with Crippen LogP contribution in [-0.4, -0.2) is 21.8 Å². The minimum absolute atomic E-state index is 0.271. The Balaban J connectivity index is 1.79. The van der Waals surface area contributed by atoms with Crippen LogP contribution in [0.4, 0.5) is 4.79 Å². The summed E-state index contributed by atoms with van der Waals surface area (Å²) in [5.74, 6) is 0.271. The first-order valence-corrected chi connectivity index (χ1v) is 11.4. The number of carbonyl (C=O) groups is 1. The number of amides is 1. The monoisotopic (exact) mass is 464 g/mol. The molecule has 1 aliphatic heterocycles. The summed E-state index contributed by atoms with van der Waals surface area (Å²) in [6.07, 6.45) is 0.401. The molecule has 2 N–H and O–H groups in total. The highest BCUT2D eigenvalue weighted by Gasteiger charge is 2.26. The van der Waals surface area contributed by atoms with Gasteiger partial charge in [-0.05, 0) is 48.6 Å². The highest BCUT2D eigenvalue weighted by atomic mass is 16.7. The molecule has 3 aromatic rings. The Morgan fingerprint density at radius 2 is 1.74 bits per heavy atom. The summed E-state index contributed by atoms with van der Waals surface area (Å²) in [6.45, 7) is 6.30. The topological polar surface area (TPSA) is 104 Å². The Labute approximate surface area is 196 Å². The van der Waals surface area contributed by atoms with Gasteiger partial charge in [-0.1, -0.05) is 50.2 Å². The Kier molecular flexibility index (Phi) is 6.83. The summed E-state index contributed by atoms with van der Waals surface area (Å²) in [5, 5.41) is 2.72. The van der Waals surface area contributed by atoms with Gasteiger partial charge in [-0.3, -0.25) is 14.7 Å². The lowest BCUT2D eigenvalue weighted by Gasteiger charge is -2.19. The van der Waals surface area contributed by atoms with E-state index in [-0.39, 0.29) is 11.4 Å². The molecule has 1 aromatic heterocycles. The first-order chi connectivity index (χ1) is 16.5. The number of nitrogens with one attached hydrogen (secondary N) is 2. The zero-order valence-electron chi connectivity index (χ0n) is 19.5. The Morgan fingerprint density at radius 1 is 1.00 bits per heavy atom. The molecule has 0 bridgehead atoms. The second kappa shape index (κ2) is 9.96. The number of hydroxylamine groups is 1. The largest absolute Gasteiger partial charge is 0.478 e. The van der Waals surface area contributed by atoms with E-state index in [4.69, 9.17) is 9.57 Å². The maximum absolute atomic E-state index is 13.3. The van der Waals surface area contributed by atoms with E-state index < -0.39 is 17.9 Å². The van der Waals surface area contributed by atoms with E-state index in [2.05, 4.69) is 10.8 Å². The molecule has 1 unspecified atom stereocenters. The summed E-state index contributed by atoms with van der Waals surface area (Å²) in [7, 11) is 0. The predicted octanol–water partition coefficient (Wildman–Crippen LogP) is 3.42. The van der Waals surface area contributed by atoms with E-state index in [1.807, 2.05) is 62.4 Å². The molecular formula is C25H28N4O5. The predicted molar refractivity (Wildman–Crippen MR) is 128 cm³/mol. The molecule has 1 amide bonds. The molecule has 4 rings (SSSR count). The summed E-state index contributed by atoms with van der Waals surface area (Å²) < 4.78 is 8.58. The van der Waals surface area contributed by atoms with Crippen LogP contribution in [-0.2, 0) is 11.4 Å². The molecule has 2 aromatic carbocycles. The lowest BCUT2D eigenvalue weighted by atomic mass is 9.98. The van der Waals surface area contributed by atoms with Gasteiger partial charge in [0.1, 0.15) is 6.17 Å². The van der Waals surface area contributed by atoms with E-state index >= 15 is 0 Å². The Hall–Kier alpha value is -3.85. The van der Waals surface area contributed by atoms with Crippen molar-refractivity contribution in [3.8, 4) is 22.7 Å². The highest BCUT2D eigenvalue weighted by molar-refractivity contribution is 5.73. The van der Waals surface area contributed by atoms with Gasteiger partial charge >= 0.3 is 11.8 Å². The lowest BCUT2D eigenvalue weighted by molar-refractivity contribution is 0.122. The van der Waals surface area contributed by atoms with E-state index in [1.165, 1.54) is 9.13 Å². The Morgan fingerprint density at radius 3 is 2.38 bits per heavy atom. The van der Waals surface area contributed by atoms with Crippen molar-refractivity contribution in [3.05, 3.63) is 80.5 Å². The summed E-state index contributed by atoms with van der Waals surface area (Å²) in [4.78, 5) is 42.4. The number of rotatable bonds is 8. The van der Waals surface area contributed by atoms with E-state index in [9.17, 15) is 14.4 Å². The van der Waals surface area contributed by atoms with Gasteiger partial charge in [0.25, 0.3) is 5.56 Å². The molecule has 34 heavy (non-hydrogen) atoms.